The van der Waals surface area contributed by atoms with E-state index in [2.05, 4.69) is 15.6 Å². The molecule has 0 unspecified atom stereocenters. The predicted molar refractivity (Wildman–Crippen MR) is 108 cm³/mol. The van der Waals surface area contributed by atoms with Crippen LogP contribution in [0.4, 0.5) is 5.82 Å². The Bertz CT molecular complexity index is 1000. The molecular weight excluding hydrogens is 362 g/mol. The molecule has 1 fully saturated rings. The predicted octanol–water partition coefficient (Wildman–Crippen LogP) is 4.40. The molecule has 0 atom stereocenters. The van der Waals surface area contributed by atoms with Crippen LogP contribution in [0.25, 0.3) is 10.9 Å². The molecule has 3 aromatic rings. The van der Waals surface area contributed by atoms with E-state index >= 15 is 0 Å². The van der Waals surface area contributed by atoms with Crippen LogP contribution in [0.1, 0.15) is 28.8 Å². The highest BCUT2D eigenvalue weighted by atomic mass is 35.5. The highest BCUT2D eigenvalue weighted by Gasteiger charge is 2.25. The number of carbonyl (C=O) groups is 1. The van der Waals surface area contributed by atoms with Gasteiger partial charge in [-0.3, -0.25) is 4.79 Å². The van der Waals surface area contributed by atoms with Crippen molar-refractivity contribution in [3.05, 3.63) is 64.7 Å². The minimum Gasteiger partial charge on any atom is -0.496 e. The first kappa shape index (κ1) is 17.6. The van der Waals surface area contributed by atoms with Crippen molar-refractivity contribution in [3.8, 4) is 5.75 Å². The molecule has 2 aromatic carbocycles. The first-order chi connectivity index (χ1) is 13.1. The van der Waals surface area contributed by atoms with E-state index in [0.717, 1.165) is 35.1 Å². The van der Waals surface area contributed by atoms with Gasteiger partial charge < -0.3 is 15.4 Å². The average molecular weight is 382 g/mol. The number of amides is 1. The van der Waals surface area contributed by atoms with E-state index in [0.29, 0.717) is 29.0 Å². The van der Waals surface area contributed by atoms with Crippen LogP contribution in [-0.2, 0) is 6.54 Å². The lowest BCUT2D eigenvalue weighted by Gasteiger charge is -2.13. The fraction of sp³-hybridized carbons (Fsp3) is 0.238. The molecule has 2 N–H and O–H groups in total. The summed E-state index contributed by atoms with van der Waals surface area (Å²) in [6.07, 6.45) is 2.10. The zero-order valence-electron chi connectivity index (χ0n) is 15.0. The number of benzene rings is 2. The number of anilines is 1. The summed E-state index contributed by atoms with van der Waals surface area (Å²) in [5, 5.41) is 7.84. The number of ether oxygens (including phenoxy) is 1. The maximum atomic E-state index is 12.7. The molecule has 4 rings (SSSR count). The number of hydrogen-bond donors (Lipinski definition) is 2. The van der Waals surface area contributed by atoms with Crippen LogP contribution in [0.5, 0.6) is 5.75 Å². The first-order valence-electron chi connectivity index (χ1n) is 8.91. The molecule has 1 aromatic heterocycles. The van der Waals surface area contributed by atoms with Crippen LogP contribution in [0.15, 0.2) is 48.5 Å². The third kappa shape index (κ3) is 3.98. The van der Waals surface area contributed by atoms with Crippen LogP contribution < -0.4 is 15.4 Å². The Morgan fingerprint density at radius 2 is 2.04 bits per heavy atom. The summed E-state index contributed by atoms with van der Waals surface area (Å²) in [4.78, 5) is 17.3. The second kappa shape index (κ2) is 7.45. The number of carbonyl (C=O) groups excluding carboxylic acids is 1. The molecule has 27 heavy (non-hydrogen) atoms. The number of para-hydroxylation sites is 1. The molecule has 138 valence electrons. The van der Waals surface area contributed by atoms with Crippen molar-refractivity contribution < 1.29 is 9.53 Å². The van der Waals surface area contributed by atoms with Gasteiger partial charge in [-0.15, -0.1) is 0 Å². The minimum atomic E-state index is -0.0560. The lowest BCUT2D eigenvalue weighted by molar-refractivity contribution is 0.0952. The molecule has 1 aliphatic carbocycles. The lowest BCUT2D eigenvalue weighted by Crippen LogP contribution is -2.25. The van der Waals surface area contributed by atoms with E-state index < -0.39 is 0 Å². The summed E-state index contributed by atoms with van der Waals surface area (Å²) >= 11 is 6.10. The standard InChI is InChI=1S/C21H20ClN3O2/c1-27-19-9-6-14(22)10-13(19)12-23-20-11-17(21(26)24-15-7-8-15)16-4-2-3-5-18(16)25-20/h2-6,9-11,15H,7-8,12H2,1H3,(H,23,25)(H,24,26). The normalized spacial score (nSPS) is 13.4. The van der Waals surface area contributed by atoms with Crippen LogP contribution >= 0.6 is 11.6 Å². The summed E-state index contributed by atoms with van der Waals surface area (Å²) in [5.74, 6) is 1.33. The monoisotopic (exact) mass is 381 g/mol. The van der Waals surface area contributed by atoms with E-state index in [9.17, 15) is 4.79 Å². The Balaban J connectivity index is 1.64. The van der Waals surface area contributed by atoms with E-state index in [-0.39, 0.29) is 5.91 Å². The Labute approximate surface area is 162 Å². The molecule has 0 bridgehead atoms. The summed E-state index contributed by atoms with van der Waals surface area (Å²) in [5.41, 5.74) is 2.33. The van der Waals surface area contributed by atoms with Crippen LogP contribution in [0, 0.1) is 0 Å². The molecule has 0 spiro atoms. The van der Waals surface area contributed by atoms with Gasteiger partial charge in [0.05, 0.1) is 18.2 Å². The smallest absolute Gasteiger partial charge is 0.252 e. The van der Waals surface area contributed by atoms with Crippen LogP contribution in [0.2, 0.25) is 5.02 Å². The van der Waals surface area contributed by atoms with Crippen LogP contribution in [0.3, 0.4) is 0 Å². The number of nitrogens with zero attached hydrogens (tertiary/aromatic N) is 1. The maximum Gasteiger partial charge on any atom is 0.252 e. The van der Waals surface area contributed by atoms with Gasteiger partial charge >= 0.3 is 0 Å². The zero-order chi connectivity index (χ0) is 18.8. The van der Waals surface area contributed by atoms with Gasteiger partial charge in [0.2, 0.25) is 0 Å². The van der Waals surface area contributed by atoms with E-state index in [1.54, 1.807) is 19.2 Å². The fourth-order valence-electron chi connectivity index (χ4n) is 3.02. The van der Waals surface area contributed by atoms with Crippen molar-refractivity contribution in [2.24, 2.45) is 0 Å². The number of halogens is 1. The van der Waals surface area contributed by atoms with Crippen molar-refractivity contribution in [1.29, 1.82) is 0 Å². The molecular formula is C21H20ClN3O2. The fourth-order valence-corrected chi connectivity index (χ4v) is 3.21. The Kier molecular flexibility index (Phi) is 4.86. The third-order valence-electron chi connectivity index (χ3n) is 4.58. The Morgan fingerprint density at radius 3 is 2.81 bits per heavy atom. The van der Waals surface area contributed by atoms with Gasteiger partial charge in [0.1, 0.15) is 11.6 Å². The molecule has 5 nitrogen and oxygen atoms in total. The number of methoxy groups -OCH3 is 1. The van der Waals surface area contributed by atoms with Gasteiger partial charge in [-0.2, -0.15) is 0 Å². The molecule has 1 saturated carbocycles. The van der Waals surface area contributed by atoms with Gasteiger partial charge in [0, 0.05) is 28.6 Å². The largest absolute Gasteiger partial charge is 0.496 e. The zero-order valence-corrected chi connectivity index (χ0v) is 15.7. The summed E-state index contributed by atoms with van der Waals surface area (Å²) < 4.78 is 5.39. The van der Waals surface area contributed by atoms with Gasteiger partial charge in [0.15, 0.2) is 0 Å². The minimum absolute atomic E-state index is 0.0560. The van der Waals surface area contributed by atoms with Crippen molar-refractivity contribution in [1.82, 2.24) is 10.3 Å². The molecule has 6 heteroatoms. The van der Waals surface area contributed by atoms with Gasteiger partial charge in [0.25, 0.3) is 5.91 Å². The van der Waals surface area contributed by atoms with Crippen molar-refractivity contribution in [3.63, 3.8) is 0 Å². The maximum absolute atomic E-state index is 12.7. The topological polar surface area (TPSA) is 63.2 Å². The second-order valence-corrected chi connectivity index (χ2v) is 7.07. The van der Waals surface area contributed by atoms with Crippen molar-refractivity contribution >= 4 is 34.2 Å². The highest BCUT2D eigenvalue weighted by Crippen LogP contribution is 2.26. The van der Waals surface area contributed by atoms with Gasteiger partial charge in [-0.1, -0.05) is 29.8 Å². The molecule has 0 saturated heterocycles. The Morgan fingerprint density at radius 1 is 1.22 bits per heavy atom. The lowest BCUT2D eigenvalue weighted by atomic mass is 10.1. The quantitative estimate of drug-likeness (QED) is 0.664. The third-order valence-corrected chi connectivity index (χ3v) is 4.81. The van der Waals surface area contributed by atoms with E-state index in [4.69, 9.17) is 16.3 Å². The number of fused-ring (bicyclic) bond motifs is 1. The number of pyridine rings is 1. The van der Waals surface area contributed by atoms with Gasteiger partial charge in [-0.05, 0) is 43.2 Å². The summed E-state index contributed by atoms with van der Waals surface area (Å²) in [7, 11) is 1.63. The molecule has 1 aliphatic rings. The van der Waals surface area contributed by atoms with Gasteiger partial charge in [-0.25, -0.2) is 4.98 Å². The number of nitrogens with one attached hydrogen (secondary N) is 2. The number of hydrogen-bond acceptors (Lipinski definition) is 4. The highest BCUT2D eigenvalue weighted by molar-refractivity contribution is 6.30. The first-order valence-corrected chi connectivity index (χ1v) is 9.29. The number of rotatable bonds is 6. The van der Waals surface area contributed by atoms with E-state index in [1.807, 2.05) is 36.4 Å². The molecule has 0 radical (unpaired) electrons. The second-order valence-electron chi connectivity index (χ2n) is 6.63. The Hall–Kier alpha value is -2.79. The SMILES string of the molecule is COc1ccc(Cl)cc1CNc1cc(C(=O)NC2CC2)c2ccccc2n1. The van der Waals surface area contributed by atoms with E-state index in [1.165, 1.54) is 0 Å². The van der Waals surface area contributed by atoms with Crippen molar-refractivity contribution in [2.75, 3.05) is 12.4 Å². The van der Waals surface area contributed by atoms with Crippen LogP contribution in [-0.4, -0.2) is 24.0 Å². The summed E-state index contributed by atoms with van der Waals surface area (Å²) in [6.45, 7) is 0.485. The molecule has 0 aliphatic heterocycles. The number of aromatic nitrogens is 1. The summed E-state index contributed by atoms with van der Waals surface area (Å²) in [6, 6.07) is 15.3. The average Bonchev–Trinajstić information content (AvgIpc) is 3.49. The molecule has 1 heterocycles. The molecule has 1 amide bonds. The van der Waals surface area contributed by atoms with Crippen molar-refractivity contribution in [2.45, 2.75) is 25.4 Å².